The fourth-order valence-corrected chi connectivity index (χ4v) is 3.35. The zero-order chi connectivity index (χ0) is 24.0. The third-order valence-corrected chi connectivity index (χ3v) is 4.83. The third kappa shape index (κ3) is 5.91. The molecule has 0 radical (unpaired) electrons. The molecule has 0 spiro atoms. The molecule has 0 atom stereocenters. The summed E-state index contributed by atoms with van der Waals surface area (Å²) in [6.07, 6.45) is -0.207. The lowest BCUT2D eigenvalue weighted by molar-refractivity contribution is 0.229. The van der Waals surface area contributed by atoms with Gasteiger partial charge in [-0.1, -0.05) is 6.07 Å². The van der Waals surface area contributed by atoms with E-state index in [1.807, 2.05) is 39.0 Å². The molecule has 3 rings (SSSR count). The molecule has 0 unspecified atom stereocenters. The number of aromatic nitrogens is 1. The molecule has 0 aliphatic rings. The minimum absolute atomic E-state index is 0.0337. The van der Waals surface area contributed by atoms with Crippen molar-refractivity contribution in [3.05, 3.63) is 71.7 Å². The molecule has 0 bridgehead atoms. The number of hydrogen-bond donors (Lipinski definition) is 3. The summed E-state index contributed by atoms with van der Waals surface area (Å²) >= 11 is 0. The van der Waals surface area contributed by atoms with Crippen LogP contribution in [0.4, 0.5) is 21.6 Å². The number of pyridine rings is 1. The van der Waals surface area contributed by atoms with E-state index in [-0.39, 0.29) is 17.7 Å². The molecule has 4 N–H and O–H groups in total. The Hall–Kier alpha value is -3.81. The molecule has 1 heterocycles. The number of ether oxygens (including phenoxy) is 2. The first-order valence-corrected chi connectivity index (χ1v) is 10.8. The minimum atomic E-state index is -0.493. The van der Waals surface area contributed by atoms with Gasteiger partial charge in [-0.2, -0.15) is 0 Å². The zero-order valence-corrected chi connectivity index (χ0v) is 19.4. The lowest BCUT2D eigenvalue weighted by Gasteiger charge is -2.27. The second-order valence-corrected chi connectivity index (χ2v) is 7.66. The first-order chi connectivity index (χ1) is 15.8. The van der Waals surface area contributed by atoms with Crippen molar-refractivity contribution >= 4 is 23.0 Å². The van der Waals surface area contributed by atoms with Gasteiger partial charge < -0.3 is 25.4 Å². The number of nitrogen functional groups attached to an aromatic ring is 1. The maximum absolute atomic E-state index is 15.7. The molecule has 0 amide bonds. The normalized spacial score (nSPS) is 10.7. The van der Waals surface area contributed by atoms with Crippen LogP contribution in [0.1, 0.15) is 32.0 Å². The standard InChI is InChI=1S/C25H30FN5O2/c1-5-32-20-13-21(24(26)22(14-20)33-16(2)3)31(15-18-7-6-8-23(29-4)30-18)19-11-9-17(10-12-19)25(27)28/h6-14,16H,5,15H2,1-4H3,(H3,27,28)(H,29,30). The highest BCUT2D eigenvalue weighted by atomic mass is 19.1. The van der Waals surface area contributed by atoms with Crippen LogP contribution in [0.15, 0.2) is 54.6 Å². The molecule has 0 saturated carbocycles. The number of amidine groups is 1. The Morgan fingerprint density at radius 3 is 2.52 bits per heavy atom. The summed E-state index contributed by atoms with van der Waals surface area (Å²) in [5.41, 5.74) is 7.94. The summed E-state index contributed by atoms with van der Waals surface area (Å²) in [5, 5.41) is 10.7. The van der Waals surface area contributed by atoms with Crippen LogP contribution in [-0.2, 0) is 6.54 Å². The Kier molecular flexibility index (Phi) is 7.71. The molecule has 3 aromatic rings. The molecule has 0 fully saturated rings. The summed E-state index contributed by atoms with van der Waals surface area (Å²) in [7, 11) is 1.80. The Bertz CT molecular complexity index is 1100. The van der Waals surface area contributed by atoms with E-state index in [0.29, 0.717) is 41.7 Å². The van der Waals surface area contributed by atoms with E-state index in [9.17, 15) is 0 Å². The van der Waals surface area contributed by atoms with Gasteiger partial charge in [0.05, 0.1) is 30.6 Å². The van der Waals surface area contributed by atoms with E-state index in [2.05, 4.69) is 10.3 Å². The van der Waals surface area contributed by atoms with E-state index < -0.39 is 5.82 Å². The van der Waals surface area contributed by atoms with Crippen LogP contribution in [0.2, 0.25) is 0 Å². The number of nitrogens with two attached hydrogens (primary N) is 1. The van der Waals surface area contributed by atoms with Crippen LogP contribution < -0.4 is 25.4 Å². The molecule has 0 aliphatic heterocycles. The highest BCUT2D eigenvalue weighted by Gasteiger charge is 2.21. The highest BCUT2D eigenvalue weighted by molar-refractivity contribution is 5.95. The van der Waals surface area contributed by atoms with Gasteiger partial charge in [-0.05, 0) is 57.2 Å². The van der Waals surface area contributed by atoms with Crippen molar-refractivity contribution in [1.82, 2.24) is 4.98 Å². The molecule has 0 saturated heterocycles. The van der Waals surface area contributed by atoms with Gasteiger partial charge >= 0.3 is 0 Å². The minimum Gasteiger partial charge on any atom is -0.494 e. The number of benzene rings is 2. The van der Waals surface area contributed by atoms with Crippen molar-refractivity contribution in [1.29, 1.82) is 5.41 Å². The fraction of sp³-hybridized carbons (Fsp3) is 0.280. The lowest BCUT2D eigenvalue weighted by Crippen LogP contribution is -2.20. The van der Waals surface area contributed by atoms with Crippen molar-refractivity contribution in [2.45, 2.75) is 33.4 Å². The third-order valence-electron chi connectivity index (χ3n) is 4.83. The maximum atomic E-state index is 15.7. The number of nitrogens with zero attached hydrogens (tertiary/aromatic N) is 2. The predicted octanol–water partition coefficient (Wildman–Crippen LogP) is 5.07. The number of nitrogens with one attached hydrogen (secondary N) is 2. The first-order valence-electron chi connectivity index (χ1n) is 10.8. The summed E-state index contributed by atoms with van der Waals surface area (Å²) in [5.74, 6) is 0.813. The number of rotatable bonds is 10. The lowest BCUT2D eigenvalue weighted by atomic mass is 10.1. The van der Waals surface area contributed by atoms with Gasteiger partial charge in [-0.3, -0.25) is 5.41 Å². The second-order valence-electron chi connectivity index (χ2n) is 7.66. The molecule has 33 heavy (non-hydrogen) atoms. The first kappa shape index (κ1) is 23.8. The number of hydrogen-bond acceptors (Lipinski definition) is 6. The van der Waals surface area contributed by atoms with Crippen molar-refractivity contribution in [3.63, 3.8) is 0 Å². The number of halogens is 1. The Labute approximate surface area is 193 Å². The predicted molar refractivity (Wildman–Crippen MR) is 130 cm³/mol. The summed E-state index contributed by atoms with van der Waals surface area (Å²) in [6, 6.07) is 15.9. The van der Waals surface area contributed by atoms with Gasteiger partial charge in [-0.25, -0.2) is 9.37 Å². The number of anilines is 3. The second kappa shape index (κ2) is 10.7. The molecular formula is C25H30FN5O2. The van der Waals surface area contributed by atoms with Gasteiger partial charge in [0.25, 0.3) is 0 Å². The average molecular weight is 452 g/mol. The van der Waals surface area contributed by atoms with Crippen LogP contribution in [-0.4, -0.2) is 30.6 Å². The van der Waals surface area contributed by atoms with Gasteiger partial charge in [0.2, 0.25) is 0 Å². The van der Waals surface area contributed by atoms with Crippen molar-refractivity contribution in [2.24, 2.45) is 5.73 Å². The molecule has 0 aliphatic carbocycles. The molecule has 174 valence electrons. The van der Waals surface area contributed by atoms with Gasteiger partial charge in [0, 0.05) is 30.4 Å². The largest absolute Gasteiger partial charge is 0.494 e. The summed E-state index contributed by atoms with van der Waals surface area (Å²) in [4.78, 5) is 6.40. The van der Waals surface area contributed by atoms with E-state index in [1.54, 1.807) is 48.3 Å². The Balaban J connectivity index is 2.15. The Morgan fingerprint density at radius 1 is 1.18 bits per heavy atom. The van der Waals surface area contributed by atoms with Crippen molar-refractivity contribution in [2.75, 3.05) is 23.9 Å². The summed E-state index contributed by atoms with van der Waals surface area (Å²) in [6.45, 7) is 6.29. The van der Waals surface area contributed by atoms with E-state index in [4.69, 9.17) is 20.6 Å². The van der Waals surface area contributed by atoms with Gasteiger partial charge in [0.1, 0.15) is 17.4 Å². The van der Waals surface area contributed by atoms with E-state index >= 15 is 4.39 Å². The topological polar surface area (TPSA) is 96.5 Å². The van der Waals surface area contributed by atoms with Crippen LogP contribution in [0, 0.1) is 11.2 Å². The van der Waals surface area contributed by atoms with Crippen LogP contribution >= 0.6 is 0 Å². The monoisotopic (exact) mass is 451 g/mol. The fourth-order valence-electron chi connectivity index (χ4n) is 3.35. The van der Waals surface area contributed by atoms with Gasteiger partial charge in [-0.15, -0.1) is 0 Å². The van der Waals surface area contributed by atoms with Crippen molar-refractivity contribution in [3.8, 4) is 11.5 Å². The summed E-state index contributed by atoms with van der Waals surface area (Å²) < 4.78 is 27.2. The SMILES string of the molecule is CCOc1cc(OC(C)C)c(F)c(N(Cc2cccc(NC)n2)c2ccc(C(=N)N)cc2)c1. The zero-order valence-electron chi connectivity index (χ0n) is 19.4. The smallest absolute Gasteiger partial charge is 0.188 e. The van der Waals surface area contributed by atoms with Crippen LogP contribution in [0.3, 0.4) is 0 Å². The molecule has 8 heteroatoms. The van der Waals surface area contributed by atoms with Crippen molar-refractivity contribution < 1.29 is 13.9 Å². The van der Waals surface area contributed by atoms with Crippen LogP contribution in [0.25, 0.3) is 0 Å². The Morgan fingerprint density at radius 2 is 1.91 bits per heavy atom. The van der Waals surface area contributed by atoms with E-state index in [0.717, 1.165) is 5.69 Å². The highest BCUT2D eigenvalue weighted by Crippen LogP contribution is 2.38. The van der Waals surface area contributed by atoms with Crippen LogP contribution in [0.5, 0.6) is 11.5 Å². The molecular weight excluding hydrogens is 421 g/mol. The quantitative estimate of drug-likeness (QED) is 0.294. The molecule has 2 aromatic carbocycles. The maximum Gasteiger partial charge on any atom is 0.188 e. The van der Waals surface area contributed by atoms with E-state index in [1.165, 1.54) is 0 Å². The average Bonchev–Trinajstić information content (AvgIpc) is 2.79. The molecule has 1 aromatic heterocycles. The van der Waals surface area contributed by atoms with Gasteiger partial charge in [0.15, 0.2) is 11.6 Å². The molecule has 7 nitrogen and oxygen atoms in total.